The fourth-order valence-corrected chi connectivity index (χ4v) is 5.56. The number of amides is 2. The van der Waals surface area contributed by atoms with Crippen LogP contribution in [-0.4, -0.2) is 61.0 Å². The molecule has 208 valence electrons. The molecule has 0 aromatic heterocycles. The molecule has 3 unspecified atom stereocenters. The highest BCUT2D eigenvalue weighted by Gasteiger charge is 2.47. The van der Waals surface area contributed by atoms with Gasteiger partial charge in [0.15, 0.2) is 0 Å². The molecule has 3 atom stereocenters. The number of nitrogens with zero attached hydrogens (tertiary/aromatic N) is 1. The highest BCUT2D eigenvalue weighted by atomic mass is 16.6. The third kappa shape index (κ3) is 9.40. The molecule has 2 amide bonds. The molecule has 1 rings (SSSR count). The van der Waals surface area contributed by atoms with Crippen LogP contribution in [0.2, 0.25) is 0 Å². The summed E-state index contributed by atoms with van der Waals surface area (Å²) in [4.78, 5) is 52.7. The molecule has 1 aliphatic rings. The summed E-state index contributed by atoms with van der Waals surface area (Å²) in [6, 6.07) is 0. The quantitative estimate of drug-likeness (QED) is 0.366. The molecule has 1 fully saturated rings. The average Bonchev–Trinajstić information content (AvgIpc) is 3.15. The summed E-state index contributed by atoms with van der Waals surface area (Å²) in [6.45, 7) is 19.0. The number of hydrogen-bond donors (Lipinski definition) is 1. The number of rotatable bonds is 13. The molecular formula is C28H50N2O6. The normalized spacial score (nSPS) is 18.7. The van der Waals surface area contributed by atoms with Crippen LogP contribution in [0.15, 0.2) is 0 Å². The molecule has 1 aliphatic heterocycles. The van der Waals surface area contributed by atoms with E-state index in [0.717, 1.165) is 13.0 Å². The van der Waals surface area contributed by atoms with Gasteiger partial charge in [0.1, 0.15) is 5.60 Å². The molecule has 0 aromatic rings. The second-order valence-corrected chi connectivity index (χ2v) is 12.9. The fraction of sp³-hybridized carbons (Fsp3) is 0.857. The Morgan fingerprint density at radius 3 is 2.08 bits per heavy atom. The van der Waals surface area contributed by atoms with Crippen LogP contribution >= 0.6 is 0 Å². The summed E-state index contributed by atoms with van der Waals surface area (Å²) in [6.07, 6.45) is 3.02. The van der Waals surface area contributed by atoms with Crippen molar-refractivity contribution >= 4 is 23.8 Å². The molecular weight excluding hydrogens is 460 g/mol. The van der Waals surface area contributed by atoms with Crippen LogP contribution in [0.25, 0.3) is 0 Å². The number of carbonyl (C=O) groups is 4. The van der Waals surface area contributed by atoms with Gasteiger partial charge in [-0.15, -0.1) is 0 Å². The molecule has 0 radical (unpaired) electrons. The average molecular weight is 511 g/mol. The largest absolute Gasteiger partial charge is 0.469 e. The topological polar surface area (TPSA) is 102 Å². The molecule has 0 aliphatic carbocycles. The minimum atomic E-state index is -1.06. The highest BCUT2D eigenvalue weighted by Crippen LogP contribution is 2.43. The lowest BCUT2D eigenvalue weighted by atomic mass is 9.68. The fourth-order valence-electron chi connectivity index (χ4n) is 5.56. The van der Waals surface area contributed by atoms with Gasteiger partial charge in [0.25, 0.3) is 0 Å². The monoisotopic (exact) mass is 510 g/mol. The lowest BCUT2D eigenvalue weighted by Crippen LogP contribution is -2.45. The Bertz CT molecular complexity index is 802. The van der Waals surface area contributed by atoms with Crippen LogP contribution in [0.3, 0.4) is 0 Å². The van der Waals surface area contributed by atoms with Gasteiger partial charge in [-0.05, 0) is 65.2 Å². The van der Waals surface area contributed by atoms with E-state index in [0.29, 0.717) is 32.4 Å². The van der Waals surface area contributed by atoms with Gasteiger partial charge in [0.2, 0.25) is 11.8 Å². The second-order valence-electron chi connectivity index (χ2n) is 12.9. The smallest absolute Gasteiger partial charge is 0.312 e. The lowest BCUT2D eigenvalue weighted by Gasteiger charge is -2.40. The van der Waals surface area contributed by atoms with Crippen molar-refractivity contribution in [2.75, 3.05) is 26.7 Å². The van der Waals surface area contributed by atoms with Gasteiger partial charge in [-0.1, -0.05) is 34.6 Å². The van der Waals surface area contributed by atoms with Crippen LogP contribution in [0.1, 0.15) is 101 Å². The van der Waals surface area contributed by atoms with Crippen molar-refractivity contribution in [3.63, 3.8) is 0 Å². The molecule has 36 heavy (non-hydrogen) atoms. The SMILES string of the molecule is CCC(C)(CC(C)(CC(C)C(=O)NCCN1CCCC1=O)C(=O)OC)C(=O)OC(C)(C)CC(C)(C)C. The molecule has 8 nitrogen and oxygen atoms in total. The van der Waals surface area contributed by atoms with Crippen molar-refractivity contribution in [3.05, 3.63) is 0 Å². The van der Waals surface area contributed by atoms with Crippen LogP contribution in [0, 0.1) is 22.2 Å². The maximum atomic E-state index is 13.4. The Labute approximate surface area is 218 Å². The zero-order valence-corrected chi connectivity index (χ0v) is 24.3. The van der Waals surface area contributed by atoms with Gasteiger partial charge in [-0.3, -0.25) is 19.2 Å². The van der Waals surface area contributed by atoms with Crippen LogP contribution in [0.4, 0.5) is 0 Å². The molecule has 0 saturated carbocycles. The summed E-state index contributed by atoms with van der Waals surface area (Å²) in [5.74, 6) is -1.36. The Hall–Kier alpha value is -2.12. The van der Waals surface area contributed by atoms with Crippen LogP contribution in [-0.2, 0) is 28.7 Å². The van der Waals surface area contributed by atoms with E-state index in [4.69, 9.17) is 9.47 Å². The van der Waals surface area contributed by atoms with Crippen LogP contribution < -0.4 is 5.32 Å². The van der Waals surface area contributed by atoms with Gasteiger partial charge in [0.05, 0.1) is 17.9 Å². The van der Waals surface area contributed by atoms with E-state index >= 15 is 0 Å². The first-order valence-corrected chi connectivity index (χ1v) is 13.3. The summed E-state index contributed by atoms with van der Waals surface area (Å²) in [7, 11) is 1.33. The van der Waals surface area contributed by atoms with E-state index in [1.807, 2.05) is 27.7 Å². The molecule has 0 aromatic carbocycles. The molecule has 1 heterocycles. The Balaban J connectivity index is 2.93. The van der Waals surface area contributed by atoms with Gasteiger partial charge >= 0.3 is 11.9 Å². The summed E-state index contributed by atoms with van der Waals surface area (Å²) in [5.41, 5.74) is -2.66. The van der Waals surface area contributed by atoms with E-state index in [2.05, 4.69) is 26.1 Å². The predicted octanol–water partition coefficient (Wildman–Crippen LogP) is 4.49. The highest BCUT2D eigenvalue weighted by molar-refractivity contribution is 5.83. The standard InChI is InChI=1S/C28H50N2O6/c1-11-27(8,24(34)36-26(6,7)18-25(3,4)5)19-28(9,23(33)35-10)17-20(2)22(32)29-14-16-30-15-12-13-21(30)31/h20H,11-19H2,1-10H3,(H,29,32). The van der Waals surface area contributed by atoms with E-state index in [1.165, 1.54) is 7.11 Å². The first kappa shape index (κ1) is 31.9. The summed E-state index contributed by atoms with van der Waals surface area (Å²) < 4.78 is 11.1. The van der Waals surface area contributed by atoms with E-state index in [1.54, 1.807) is 18.7 Å². The van der Waals surface area contributed by atoms with Crippen molar-refractivity contribution < 1.29 is 28.7 Å². The number of hydrogen-bond acceptors (Lipinski definition) is 6. The first-order chi connectivity index (χ1) is 16.4. The van der Waals surface area contributed by atoms with E-state index in [-0.39, 0.29) is 36.0 Å². The number of ether oxygens (including phenoxy) is 2. The third-order valence-electron chi connectivity index (χ3n) is 7.11. The van der Waals surface area contributed by atoms with E-state index in [9.17, 15) is 19.2 Å². The minimum Gasteiger partial charge on any atom is -0.469 e. The molecule has 0 bridgehead atoms. The third-order valence-corrected chi connectivity index (χ3v) is 7.11. The summed E-state index contributed by atoms with van der Waals surface area (Å²) in [5, 5.41) is 2.89. The number of carbonyl (C=O) groups excluding carboxylic acids is 4. The van der Waals surface area contributed by atoms with Crippen molar-refractivity contribution in [3.8, 4) is 0 Å². The molecule has 0 spiro atoms. The second kappa shape index (κ2) is 12.4. The Morgan fingerprint density at radius 2 is 1.61 bits per heavy atom. The van der Waals surface area contributed by atoms with Gasteiger partial charge in [-0.25, -0.2) is 0 Å². The number of methoxy groups -OCH3 is 1. The van der Waals surface area contributed by atoms with Gasteiger partial charge in [0, 0.05) is 32.0 Å². The maximum Gasteiger partial charge on any atom is 0.312 e. The lowest BCUT2D eigenvalue weighted by molar-refractivity contribution is -0.175. The molecule has 1 saturated heterocycles. The number of likely N-dealkylation sites (tertiary alicyclic amines) is 1. The zero-order chi connectivity index (χ0) is 27.9. The predicted molar refractivity (Wildman–Crippen MR) is 140 cm³/mol. The van der Waals surface area contributed by atoms with Crippen molar-refractivity contribution in [2.45, 2.75) is 106 Å². The minimum absolute atomic E-state index is 0.0161. The van der Waals surface area contributed by atoms with E-state index < -0.39 is 28.3 Å². The number of nitrogens with one attached hydrogen (secondary N) is 1. The van der Waals surface area contributed by atoms with Crippen molar-refractivity contribution in [1.29, 1.82) is 0 Å². The zero-order valence-electron chi connectivity index (χ0n) is 24.3. The number of esters is 2. The Kier molecular flexibility index (Phi) is 11.0. The Morgan fingerprint density at radius 1 is 1.00 bits per heavy atom. The van der Waals surface area contributed by atoms with Crippen molar-refractivity contribution in [2.24, 2.45) is 22.2 Å². The maximum absolute atomic E-state index is 13.4. The molecule has 8 heteroatoms. The van der Waals surface area contributed by atoms with Gasteiger partial charge in [-0.2, -0.15) is 0 Å². The van der Waals surface area contributed by atoms with Crippen molar-refractivity contribution in [1.82, 2.24) is 10.2 Å². The van der Waals surface area contributed by atoms with Gasteiger partial charge < -0.3 is 19.7 Å². The molecule has 1 N–H and O–H groups in total. The van der Waals surface area contributed by atoms with Crippen LogP contribution in [0.5, 0.6) is 0 Å². The summed E-state index contributed by atoms with van der Waals surface area (Å²) >= 11 is 0. The first-order valence-electron chi connectivity index (χ1n) is 13.3.